The van der Waals surface area contributed by atoms with Crippen LogP contribution in [0.25, 0.3) is 0 Å². The highest BCUT2D eigenvalue weighted by Crippen LogP contribution is 2.36. The van der Waals surface area contributed by atoms with Gasteiger partial charge in [-0.25, -0.2) is 0 Å². The summed E-state index contributed by atoms with van der Waals surface area (Å²) in [5, 5.41) is 0. The number of carbonyl (C=O) groups is 1. The zero-order valence-corrected chi connectivity index (χ0v) is 10.4. The lowest BCUT2D eigenvalue weighted by atomic mass is 9.76. The normalized spacial score (nSPS) is 31.0. The average Bonchev–Trinajstić information content (AvgIpc) is 2.99. The van der Waals surface area contributed by atoms with Crippen molar-refractivity contribution in [2.45, 2.75) is 50.1 Å². The zero-order valence-electron chi connectivity index (χ0n) is 10.4. The van der Waals surface area contributed by atoms with Crippen LogP contribution in [-0.4, -0.2) is 42.1 Å². The SMILES string of the molecule is NC1(C(=O)N(CC2CCOC2)C2CC2)CCC1. The molecule has 1 amide bonds. The maximum Gasteiger partial charge on any atom is 0.242 e. The average molecular weight is 238 g/mol. The molecule has 2 saturated carbocycles. The Bertz CT molecular complexity index is 305. The van der Waals surface area contributed by atoms with E-state index in [0.29, 0.717) is 12.0 Å². The van der Waals surface area contributed by atoms with E-state index < -0.39 is 5.54 Å². The third-order valence-corrected chi connectivity index (χ3v) is 4.40. The number of nitrogens with two attached hydrogens (primary N) is 1. The minimum atomic E-state index is -0.526. The molecule has 0 aromatic heterocycles. The van der Waals surface area contributed by atoms with E-state index in [1.807, 2.05) is 0 Å². The molecule has 3 fully saturated rings. The van der Waals surface area contributed by atoms with E-state index >= 15 is 0 Å². The van der Waals surface area contributed by atoms with E-state index in [-0.39, 0.29) is 5.91 Å². The van der Waals surface area contributed by atoms with Crippen molar-refractivity contribution in [1.82, 2.24) is 4.90 Å². The predicted molar refractivity (Wildman–Crippen MR) is 64.4 cm³/mol. The van der Waals surface area contributed by atoms with Crippen molar-refractivity contribution in [3.8, 4) is 0 Å². The van der Waals surface area contributed by atoms with Crippen LogP contribution in [0.5, 0.6) is 0 Å². The van der Waals surface area contributed by atoms with Crippen LogP contribution in [0.4, 0.5) is 0 Å². The summed E-state index contributed by atoms with van der Waals surface area (Å²) in [6, 6.07) is 0.476. The van der Waals surface area contributed by atoms with Crippen molar-refractivity contribution in [3.05, 3.63) is 0 Å². The fourth-order valence-electron chi connectivity index (χ4n) is 2.85. The first-order valence-electron chi connectivity index (χ1n) is 6.87. The molecule has 96 valence electrons. The van der Waals surface area contributed by atoms with Gasteiger partial charge in [0.2, 0.25) is 5.91 Å². The molecule has 0 bridgehead atoms. The van der Waals surface area contributed by atoms with Gasteiger partial charge in [0.25, 0.3) is 0 Å². The molecule has 3 rings (SSSR count). The molecular weight excluding hydrogens is 216 g/mol. The Balaban J connectivity index is 1.64. The molecule has 4 heteroatoms. The van der Waals surface area contributed by atoms with Gasteiger partial charge in [-0.05, 0) is 38.5 Å². The fourth-order valence-corrected chi connectivity index (χ4v) is 2.85. The second kappa shape index (κ2) is 4.25. The predicted octanol–water partition coefficient (Wildman–Crippen LogP) is 0.895. The molecule has 0 radical (unpaired) electrons. The number of carbonyl (C=O) groups excluding carboxylic acids is 1. The Morgan fingerprint density at radius 3 is 2.59 bits per heavy atom. The van der Waals surface area contributed by atoms with Gasteiger partial charge in [-0.3, -0.25) is 4.79 Å². The van der Waals surface area contributed by atoms with Crippen LogP contribution < -0.4 is 5.73 Å². The van der Waals surface area contributed by atoms with Gasteiger partial charge in [0.1, 0.15) is 0 Å². The fraction of sp³-hybridized carbons (Fsp3) is 0.923. The minimum Gasteiger partial charge on any atom is -0.381 e. The Morgan fingerprint density at radius 1 is 1.35 bits per heavy atom. The van der Waals surface area contributed by atoms with Crippen LogP contribution in [0.15, 0.2) is 0 Å². The maximum atomic E-state index is 12.5. The summed E-state index contributed by atoms with van der Waals surface area (Å²) in [4.78, 5) is 14.5. The Kier molecular flexibility index (Phi) is 2.87. The van der Waals surface area contributed by atoms with Gasteiger partial charge in [0.15, 0.2) is 0 Å². The minimum absolute atomic E-state index is 0.207. The third kappa shape index (κ3) is 2.20. The second-order valence-corrected chi connectivity index (χ2v) is 5.93. The highest BCUT2D eigenvalue weighted by molar-refractivity contribution is 5.87. The van der Waals surface area contributed by atoms with Gasteiger partial charge in [-0.1, -0.05) is 0 Å². The number of ether oxygens (including phenoxy) is 1. The summed E-state index contributed by atoms with van der Waals surface area (Å²) in [6.07, 6.45) is 6.26. The second-order valence-electron chi connectivity index (χ2n) is 5.93. The molecule has 1 unspecified atom stereocenters. The first kappa shape index (κ1) is 11.5. The Hall–Kier alpha value is -0.610. The van der Waals surface area contributed by atoms with Gasteiger partial charge >= 0.3 is 0 Å². The molecule has 3 aliphatic rings. The summed E-state index contributed by atoms with van der Waals surface area (Å²) in [5.74, 6) is 0.737. The van der Waals surface area contributed by atoms with Gasteiger partial charge in [0, 0.05) is 25.1 Å². The Morgan fingerprint density at radius 2 is 2.12 bits per heavy atom. The number of amides is 1. The van der Waals surface area contributed by atoms with E-state index in [0.717, 1.165) is 58.3 Å². The van der Waals surface area contributed by atoms with Crippen molar-refractivity contribution in [1.29, 1.82) is 0 Å². The molecule has 17 heavy (non-hydrogen) atoms. The number of rotatable bonds is 4. The maximum absolute atomic E-state index is 12.5. The lowest BCUT2D eigenvalue weighted by molar-refractivity contribution is -0.141. The summed E-state index contributed by atoms with van der Waals surface area (Å²) in [7, 11) is 0. The summed E-state index contributed by atoms with van der Waals surface area (Å²) in [5.41, 5.74) is 5.64. The van der Waals surface area contributed by atoms with Gasteiger partial charge in [-0.2, -0.15) is 0 Å². The van der Waals surface area contributed by atoms with Crippen LogP contribution in [-0.2, 0) is 9.53 Å². The molecular formula is C13H22N2O2. The summed E-state index contributed by atoms with van der Waals surface area (Å²) < 4.78 is 5.39. The Labute approximate surface area is 102 Å². The lowest BCUT2D eigenvalue weighted by Gasteiger charge is -2.41. The van der Waals surface area contributed by atoms with Crippen molar-refractivity contribution in [3.63, 3.8) is 0 Å². The smallest absolute Gasteiger partial charge is 0.242 e. The first-order valence-corrected chi connectivity index (χ1v) is 6.87. The largest absolute Gasteiger partial charge is 0.381 e. The van der Waals surface area contributed by atoms with E-state index in [9.17, 15) is 4.79 Å². The molecule has 1 heterocycles. The van der Waals surface area contributed by atoms with Crippen molar-refractivity contribution < 1.29 is 9.53 Å². The van der Waals surface area contributed by atoms with Gasteiger partial charge in [-0.15, -0.1) is 0 Å². The molecule has 1 saturated heterocycles. The summed E-state index contributed by atoms with van der Waals surface area (Å²) in [6.45, 7) is 2.53. The molecule has 1 atom stereocenters. The molecule has 4 nitrogen and oxygen atoms in total. The molecule has 0 aromatic carbocycles. The van der Waals surface area contributed by atoms with E-state index in [1.54, 1.807) is 0 Å². The lowest BCUT2D eigenvalue weighted by Crippen LogP contribution is -2.60. The van der Waals surface area contributed by atoms with Crippen molar-refractivity contribution in [2.24, 2.45) is 11.7 Å². The van der Waals surface area contributed by atoms with Crippen LogP contribution >= 0.6 is 0 Å². The molecule has 0 aromatic rings. The van der Waals surface area contributed by atoms with Crippen molar-refractivity contribution in [2.75, 3.05) is 19.8 Å². The van der Waals surface area contributed by atoms with Gasteiger partial charge in [0.05, 0.1) is 12.1 Å². The number of nitrogens with zero attached hydrogens (tertiary/aromatic N) is 1. The molecule has 1 aliphatic heterocycles. The zero-order chi connectivity index (χ0) is 11.9. The molecule has 0 spiro atoms. The first-order chi connectivity index (χ1) is 8.19. The highest BCUT2D eigenvalue weighted by Gasteiger charge is 2.46. The van der Waals surface area contributed by atoms with Crippen molar-refractivity contribution >= 4 is 5.91 Å². The van der Waals surface area contributed by atoms with Crippen LogP contribution in [0.1, 0.15) is 38.5 Å². The van der Waals surface area contributed by atoms with Crippen LogP contribution in [0.3, 0.4) is 0 Å². The topological polar surface area (TPSA) is 55.6 Å². The third-order valence-electron chi connectivity index (χ3n) is 4.40. The van der Waals surface area contributed by atoms with E-state index in [2.05, 4.69) is 4.90 Å². The number of hydrogen-bond donors (Lipinski definition) is 1. The number of hydrogen-bond acceptors (Lipinski definition) is 3. The molecule has 2 N–H and O–H groups in total. The van der Waals surface area contributed by atoms with E-state index in [1.165, 1.54) is 0 Å². The summed E-state index contributed by atoms with van der Waals surface area (Å²) >= 11 is 0. The van der Waals surface area contributed by atoms with E-state index in [4.69, 9.17) is 10.5 Å². The standard InChI is InChI=1S/C13H22N2O2/c14-13(5-1-6-13)12(16)15(11-2-3-11)8-10-4-7-17-9-10/h10-11H,1-9,14H2. The van der Waals surface area contributed by atoms with Crippen LogP contribution in [0.2, 0.25) is 0 Å². The molecule has 2 aliphatic carbocycles. The van der Waals surface area contributed by atoms with Gasteiger partial charge < -0.3 is 15.4 Å². The quantitative estimate of drug-likeness (QED) is 0.791. The monoisotopic (exact) mass is 238 g/mol. The van der Waals surface area contributed by atoms with Crippen LogP contribution in [0, 0.1) is 5.92 Å². The highest BCUT2D eigenvalue weighted by atomic mass is 16.5.